The van der Waals surface area contributed by atoms with E-state index in [-0.39, 0.29) is 5.69 Å². The molecule has 0 fully saturated rings. The van der Waals surface area contributed by atoms with Crippen LogP contribution in [0, 0.1) is 21.4 Å². The number of nitriles is 1. The van der Waals surface area contributed by atoms with Gasteiger partial charge in [0.25, 0.3) is 5.69 Å². The van der Waals surface area contributed by atoms with E-state index in [0.29, 0.717) is 15.9 Å². The van der Waals surface area contributed by atoms with Gasteiger partial charge in [-0.2, -0.15) is 5.26 Å². The molecule has 0 saturated carbocycles. The lowest BCUT2D eigenvalue weighted by molar-refractivity contribution is -0.385. The lowest BCUT2D eigenvalue weighted by Gasteiger charge is -2.05. The third kappa shape index (κ3) is 3.30. The SMILES string of the molecule is N#Cc1ccc(CNc2ccc([N+](=O)[O-])c(Br)c2)s1. The molecule has 0 saturated heterocycles. The molecule has 7 heteroatoms. The van der Waals surface area contributed by atoms with E-state index in [0.717, 1.165) is 10.6 Å². The largest absolute Gasteiger partial charge is 0.380 e. The van der Waals surface area contributed by atoms with E-state index < -0.39 is 4.92 Å². The average molecular weight is 338 g/mol. The van der Waals surface area contributed by atoms with Gasteiger partial charge < -0.3 is 5.32 Å². The fraction of sp³-hybridized carbons (Fsp3) is 0.0833. The number of benzene rings is 1. The Balaban J connectivity index is 2.06. The molecule has 0 aliphatic heterocycles. The molecule has 2 rings (SSSR count). The van der Waals surface area contributed by atoms with Crippen molar-refractivity contribution in [3.63, 3.8) is 0 Å². The van der Waals surface area contributed by atoms with Crippen molar-refractivity contribution in [3.05, 3.63) is 54.7 Å². The fourth-order valence-electron chi connectivity index (χ4n) is 1.49. The van der Waals surface area contributed by atoms with Gasteiger partial charge >= 0.3 is 0 Å². The standard InChI is InChI=1S/C12H8BrN3O2S/c13-11-5-8(1-4-12(11)16(17)18)15-7-10-3-2-9(6-14)19-10/h1-5,15H,7H2. The molecular formula is C12H8BrN3O2S. The van der Waals surface area contributed by atoms with Crippen molar-refractivity contribution in [1.82, 2.24) is 0 Å². The first kappa shape index (κ1) is 13.5. The van der Waals surface area contributed by atoms with Crippen molar-refractivity contribution in [2.45, 2.75) is 6.54 Å². The van der Waals surface area contributed by atoms with Crippen molar-refractivity contribution in [2.75, 3.05) is 5.32 Å². The summed E-state index contributed by atoms with van der Waals surface area (Å²) in [6, 6.07) is 10.5. The Hall–Kier alpha value is -1.91. The van der Waals surface area contributed by atoms with Crippen LogP contribution in [0.2, 0.25) is 0 Å². The van der Waals surface area contributed by atoms with Gasteiger partial charge in [-0.05, 0) is 40.2 Å². The minimum Gasteiger partial charge on any atom is -0.380 e. The number of nitrogens with zero attached hydrogens (tertiary/aromatic N) is 2. The van der Waals surface area contributed by atoms with Gasteiger partial charge in [-0.15, -0.1) is 11.3 Å². The van der Waals surface area contributed by atoms with Crippen molar-refractivity contribution < 1.29 is 4.92 Å². The van der Waals surface area contributed by atoms with Gasteiger partial charge in [0, 0.05) is 23.2 Å². The van der Waals surface area contributed by atoms with Crippen LogP contribution >= 0.6 is 27.3 Å². The van der Waals surface area contributed by atoms with E-state index in [1.165, 1.54) is 17.4 Å². The molecule has 0 amide bonds. The minimum atomic E-state index is -0.438. The number of nitro groups is 1. The summed E-state index contributed by atoms with van der Waals surface area (Å²) in [7, 11) is 0. The smallest absolute Gasteiger partial charge is 0.283 e. The molecule has 96 valence electrons. The summed E-state index contributed by atoms with van der Waals surface area (Å²) in [5, 5.41) is 22.6. The van der Waals surface area contributed by atoms with Crippen LogP contribution in [0.1, 0.15) is 9.75 Å². The number of rotatable bonds is 4. The van der Waals surface area contributed by atoms with Crippen molar-refractivity contribution in [1.29, 1.82) is 5.26 Å². The second-order valence-electron chi connectivity index (χ2n) is 3.65. The molecule has 0 aliphatic carbocycles. The summed E-state index contributed by atoms with van der Waals surface area (Å²) < 4.78 is 0.436. The summed E-state index contributed by atoms with van der Waals surface area (Å²) in [4.78, 5) is 11.9. The van der Waals surface area contributed by atoms with Gasteiger partial charge in [-0.1, -0.05) is 0 Å². The zero-order chi connectivity index (χ0) is 13.8. The van der Waals surface area contributed by atoms with Crippen LogP contribution in [-0.4, -0.2) is 4.92 Å². The predicted octanol–water partition coefficient (Wildman–Crippen LogP) is 3.90. The van der Waals surface area contributed by atoms with Gasteiger partial charge in [0.1, 0.15) is 10.9 Å². The molecule has 5 nitrogen and oxygen atoms in total. The molecule has 1 heterocycles. The number of hydrogen-bond acceptors (Lipinski definition) is 5. The van der Waals surface area contributed by atoms with Crippen LogP contribution < -0.4 is 5.32 Å². The molecule has 0 radical (unpaired) electrons. The van der Waals surface area contributed by atoms with Gasteiger partial charge in [-0.3, -0.25) is 10.1 Å². The summed E-state index contributed by atoms with van der Waals surface area (Å²) in [6.45, 7) is 0.580. The van der Waals surface area contributed by atoms with E-state index in [1.807, 2.05) is 6.07 Å². The Morgan fingerprint density at radius 2 is 2.21 bits per heavy atom. The molecule has 2 aromatic rings. The van der Waals surface area contributed by atoms with Gasteiger partial charge in [0.05, 0.1) is 9.40 Å². The molecule has 1 N–H and O–H groups in total. The first-order valence-corrected chi connectivity index (χ1v) is 6.87. The van der Waals surface area contributed by atoms with Crippen molar-refractivity contribution in [2.24, 2.45) is 0 Å². The molecule has 1 aromatic heterocycles. The molecule has 1 aromatic carbocycles. The predicted molar refractivity (Wildman–Crippen MR) is 77.2 cm³/mol. The van der Waals surface area contributed by atoms with Gasteiger partial charge in [0.15, 0.2) is 0 Å². The highest BCUT2D eigenvalue weighted by Crippen LogP contribution is 2.28. The Labute approximate surface area is 121 Å². The quantitative estimate of drug-likeness (QED) is 0.677. The lowest BCUT2D eigenvalue weighted by atomic mass is 10.3. The molecule has 19 heavy (non-hydrogen) atoms. The topological polar surface area (TPSA) is 79.0 Å². The van der Waals surface area contributed by atoms with Gasteiger partial charge in [0.2, 0.25) is 0 Å². The molecule has 0 spiro atoms. The first-order chi connectivity index (χ1) is 9.10. The summed E-state index contributed by atoms with van der Waals surface area (Å²) in [5.41, 5.74) is 0.817. The average Bonchev–Trinajstić information content (AvgIpc) is 2.84. The van der Waals surface area contributed by atoms with E-state index in [1.54, 1.807) is 18.2 Å². The van der Waals surface area contributed by atoms with Crippen LogP contribution in [0.4, 0.5) is 11.4 Å². The second kappa shape index (κ2) is 5.82. The third-order valence-corrected chi connectivity index (χ3v) is 4.01. The van der Waals surface area contributed by atoms with Crippen LogP contribution in [0.25, 0.3) is 0 Å². The maximum atomic E-state index is 10.7. The summed E-state index contributed by atoms with van der Waals surface area (Å²) >= 11 is 4.59. The highest BCUT2D eigenvalue weighted by atomic mass is 79.9. The number of nitrogens with one attached hydrogen (secondary N) is 1. The second-order valence-corrected chi connectivity index (χ2v) is 5.68. The molecule has 0 aliphatic rings. The van der Waals surface area contributed by atoms with Crippen LogP contribution in [-0.2, 0) is 6.54 Å². The first-order valence-electron chi connectivity index (χ1n) is 5.27. The Bertz CT molecular complexity index is 663. The summed E-state index contributed by atoms with van der Waals surface area (Å²) in [6.07, 6.45) is 0. The van der Waals surface area contributed by atoms with E-state index in [9.17, 15) is 10.1 Å². The fourth-order valence-corrected chi connectivity index (χ4v) is 2.76. The lowest BCUT2D eigenvalue weighted by Crippen LogP contribution is -1.98. The zero-order valence-electron chi connectivity index (χ0n) is 9.59. The highest BCUT2D eigenvalue weighted by Gasteiger charge is 2.11. The Morgan fingerprint density at radius 3 is 2.79 bits per heavy atom. The Morgan fingerprint density at radius 1 is 1.42 bits per heavy atom. The third-order valence-electron chi connectivity index (χ3n) is 2.38. The molecule has 0 bridgehead atoms. The number of anilines is 1. The summed E-state index contributed by atoms with van der Waals surface area (Å²) in [5.74, 6) is 0. The zero-order valence-corrected chi connectivity index (χ0v) is 12.0. The normalized spacial score (nSPS) is 9.89. The maximum absolute atomic E-state index is 10.7. The Kier molecular flexibility index (Phi) is 4.14. The number of thiophene rings is 1. The maximum Gasteiger partial charge on any atom is 0.283 e. The van der Waals surface area contributed by atoms with E-state index >= 15 is 0 Å². The monoisotopic (exact) mass is 337 g/mol. The molecule has 0 atom stereocenters. The highest BCUT2D eigenvalue weighted by molar-refractivity contribution is 9.10. The van der Waals surface area contributed by atoms with Crippen molar-refractivity contribution >= 4 is 38.6 Å². The van der Waals surface area contributed by atoms with E-state index in [2.05, 4.69) is 27.3 Å². The number of hydrogen-bond donors (Lipinski definition) is 1. The van der Waals surface area contributed by atoms with Gasteiger partial charge in [-0.25, -0.2) is 0 Å². The van der Waals surface area contributed by atoms with Crippen LogP contribution in [0.5, 0.6) is 0 Å². The number of halogens is 1. The number of nitro benzene ring substituents is 1. The van der Waals surface area contributed by atoms with E-state index in [4.69, 9.17) is 5.26 Å². The van der Waals surface area contributed by atoms with Crippen LogP contribution in [0.3, 0.4) is 0 Å². The molecular weight excluding hydrogens is 330 g/mol. The minimum absolute atomic E-state index is 0.0356. The van der Waals surface area contributed by atoms with Crippen LogP contribution in [0.15, 0.2) is 34.8 Å². The van der Waals surface area contributed by atoms with Crippen molar-refractivity contribution in [3.8, 4) is 6.07 Å². The molecule has 0 unspecified atom stereocenters.